The zero-order chi connectivity index (χ0) is 33.5. The van der Waals surface area contributed by atoms with E-state index in [2.05, 4.69) is 20.4 Å². The van der Waals surface area contributed by atoms with E-state index in [0.717, 1.165) is 28.7 Å². The van der Waals surface area contributed by atoms with Crippen molar-refractivity contribution < 1.29 is 43.2 Å². The molecule has 0 aromatic carbocycles. The summed E-state index contributed by atoms with van der Waals surface area (Å²) in [6, 6.07) is 0. The van der Waals surface area contributed by atoms with Gasteiger partial charge in [-0.05, 0) is 69.3 Å². The third-order valence-corrected chi connectivity index (χ3v) is 12.5. The van der Waals surface area contributed by atoms with Gasteiger partial charge in [0.05, 0.1) is 11.3 Å². The van der Waals surface area contributed by atoms with Crippen molar-refractivity contribution in [3.63, 3.8) is 0 Å². The highest BCUT2D eigenvalue weighted by Gasteiger charge is 2.80. The highest BCUT2D eigenvalue weighted by molar-refractivity contribution is 5.91. The lowest BCUT2D eigenvalue weighted by atomic mass is 9.55. The molecule has 4 aliphatic carbocycles. The molecule has 0 amide bonds. The zero-order valence-corrected chi connectivity index (χ0v) is 28.4. The van der Waals surface area contributed by atoms with Gasteiger partial charge in [-0.25, -0.2) is 4.79 Å². The van der Waals surface area contributed by atoms with Gasteiger partial charge in [0, 0.05) is 49.2 Å². The number of hydrogen-bond acceptors (Lipinski definition) is 9. The minimum atomic E-state index is -1.08. The SMILES string of the molecule is C=C1C(=O)O[C@@H]2C[C@@H](C)[C@]34C[C@]5(C(=O)O[C@H]6CC(C)=C([C@H](C)CCCO)[C@H](OC(=O)CC(C)C)[C@H]65)[C@H](C(C)=C3C[C@@H]12)C4OC(C)=O. The average molecular weight is 639 g/mol. The van der Waals surface area contributed by atoms with Crippen LogP contribution in [-0.2, 0) is 38.1 Å². The van der Waals surface area contributed by atoms with Crippen LogP contribution in [0.25, 0.3) is 0 Å². The van der Waals surface area contributed by atoms with Crippen molar-refractivity contribution in [3.8, 4) is 0 Å². The van der Waals surface area contributed by atoms with Crippen molar-refractivity contribution in [2.75, 3.05) is 6.61 Å². The number of ether oxygens (including phenoxy) is 4. The molecule has 11 atom stereocenters. The molecular formula is C37H50O9. The Morgan fingerprint density at radius 1 is 1.07 bits per heavy atom. The Hall–Kier alpha value is -2.94. The summed E-state index contributed by atoms with van der Waals surface area (Å²) in [5.41, 5.74) is 2.94. The minimum absolute atomic E-state index is 0.0165. The summed E-state index contributed by atoms with van der Waals surface area (Å²) in [6.45, 7) is 17.8. The summed E-state index contributed by atoms with van der Waals surface area (Å²) in [7, 11) is 0. The smallest absolute Gasteiger partial charge is 0.334 e. The second-order valence-electron chi connectivity index (χ2n) is 15.5. The Morgan fingerprint density at radius 3 is 2.43 bits per heavy atom. The highest BCUT2D eigenvalue weighted by atomic mass is 16.6. The number of rotatable bonds is 8. The van der Waals surface area contributed by atoms with Crippen LogP contribution in [0, 0.1) is 46.3 Å². The second kappa shape index (κ2) is 11.6. The van der Waals surface area contributed by atoms with Crippen molar-refractivity contribution in [3.05, 3.63) is 34.4 Å². The number of hydrogen-bond donors (Lipinski definition) is 1. The van der Waals surface area contributed by atoms with E-state index in [4.69, 9.17) is 18.9 Å². The molecule has 9 nitrogen and oxygen atoms in total. The van der Waals surface area contributed by atoms with E-state index >= 15 is 0 Å². The van der Waals surface area contributed by atoms with Gasteiger partial charge in [-0.2, -0.15) is 0 Å². The van der Waals surface area contributed by atoms with Crippen molar-refractivity contribution in [1.82, 2.24) is 0 Å². The van der Waals surface area contributed by atoms with E-state index in [1.165, 1.54) is 6.92 Å². The first-order valence-corrected chi connectivity index (χ1v) is 17.2. The van der Waals surface area contributed by atoms with Gasteiger partial charge < -0.3 is 24.1 Å². The Bertz CT molecular complexity index is 1420. The van der Waals surface area contributed by atoms with Crippen LogP contribution < -0.4 is 0 Å². The van der Waals surface area contributed by atoms with E-state index in [9.17, 15) is 24.3 Å². The lowest BCUT2D eigenvalue weighted by Gasteiger charge is -2.46. The van der Waals surface area contributed by atoms with Crippen LogP contribution in [0.5, 0.6) is 0 Å². The summed E-state index contributed by atoms with van der Waals surface area (Å²) >= 11 is 0. The maximum Gasteiger partial charge on any atom is 0.334 e. The van der Waals surface area contributed by atoms with Crippen LogP contribution >= 0.6 is 0 Å². The van der Waals surface area contributed by atoms with Crippen LogP contribution in [0.3, 0.4) is 0 Å². The van der Waals surface area contributed by atoms with E-state index in [0.29, 0.717) is 37.7 Å². The minimum Gasteiger partial charge on any atom is -0.461 e. The monoisotopic (exact) mass is 638 g/mol. The van der Waals surface area contributed by atoms with Crippen molar-refractivity contribution in [2.24, 2.45) is 46.3 Å². The second-order valence-corrected chi connectivity index (χ2v) is 15.5. The summed E-state index contributed by atoms with van der Waals surface area (Å²) in [6.07, 6.45) is 1.57. The Balaban J connectivity index is 1.51. The number of fused-ring (bicyclic) bond motifs is 5. The standard InChI is InChI=1S/C37H50O9/c1-17(2)12-28(40)46-32-29(18(3)10-9-11-38)19(4)13-27-31(32)37(35(42)45-27)16-36-20(5)14-26-24(21(6)34(41)44-26)15-25(36)22(7)30(37)33(36)43-23(8)39/h17-18,20,24,26-27,30-33,38H,6,9-16H2,1-5,7-8H3/t18-,20-,24+,26-,27+,30-,31+,32+,33?,36-,37+/m1/s1. The topological polar surface area (TPSA) is 125 Å². The average Bonchev–Trinajstić information content (AvgIpc) is 3.54. The Morgan fingerprint density at radius 2 is 1.78 bits per heavy atom. The molecule has 4 fully saturated rings. The van der Waals surface area contributed by atoms with Gasteiger partial charge in [-0.3, -0.25) is 14.4 Å². The first-order chi connectivity index (χ1) is 21.7. The molecule has 252 valence electrons. The van der Waals surface area contributed by atoms with Crippen LogP contribution in [0.15, 0.2) is 34.4 Å². The molecule has 2 saturated carbocycles. The predicted molar refractivity (Wildman–Crippen MR) is 168 cm³/mol. The first kappa shape index (κ1) is 33.0. The predicted octanol–water partition coefficient (Wildman–Crippen LogP) is 5.40. The van der Waals surface area contributed by atoms with Crippen LogP contribution in [-0.4, -0.2) is 60.0 Å². The van der Waals surface area contributed by atoms with Crippen molar-refractivity contribution >= 4 is 23.9 Å². The molecule has 1 N–H and O–H groups in total. The van der Waals surface area contributed by atoms with E-state index < -0.39 is 46.9 Å². The largest absolute Gasteiger partial charge is 0.461 e. The number of carbonyl (C=O) groups excluding carboxylic acids is 4. The van der Waals surface area contributed by atoms with Crippen LogP contribution in [0.1, 0.15) is 93.4 Å². The quantitative estimate of drug-likeness (QED) is 0.161. The summed E-state index contributed by atoms with van der Waals surface area (Å²) in [5.74, 6) is -2.45. The van der Waals surface area contributed by atoms with Crippen LogP contribution in [0.2, 0.25) is 0 Å². The molecule has 2 bridgehead atoms. The zero-order valence-electron chi connectivity index (χ0n) is 28.4. The van der Waals surface area contributed by atoms with Gasteiger partial charge in [0.1, 0.15) is 24.4 Å². The third kappa shape index (κ3) is 4.65. The van der Waals surface area contributed by atoms with E-state index in [1.807, 2.05) is 27.7 Å². The molecular weight excluding hydrogens is 588 g/mol. The number of carbonyl (C=O) groups is 4. The Kier molecular flexibility index (Phi) is 8.34. The molecule has 1 unspecified atom stereocenters. The molecule has 46 heavy (non-hydrogen) atoms. The number of aliphatic hydroxyl groups is 1. The molecule has 0 aromatic rings. The molecule has 2 spiro atoms. The molecule has 0 aromatic heterocycles. The molecule has 6 aliphatic rings. The molecule has 6 rings (SSSR count). The van der Waals surface area contributed by atoms with Gasteiger partial charge in [0.25, 0.3) is 0 Å². The van der Waals surface area contributed by atoms with Gasteiger partial charge >= 0.3 is 23.9 Å². The number of aliphatic hydroxyl groups excluding tert-OH is 1. The fourth-order valence-corrected chi connectivity index (χ4v) is 10.8. The van der Waals surface area contributed by atoms with Crippen LogP contribution in [0.4, 0.5) is 0 Å². The Labute approximate surface area is 272 Å². The molecule has 0 radical (unpaired) electrons. The lowest BCUT2D eigenvalue weighted by Crippen LogP contribution is -2.51. The van der Waals surface area contributed by atoms with Gasteiger partial charge in [-0.1, -0.05) is 51.0 Å². The first-order valence-electron chi connectivity index (χ1n) is 17.2. The van der Waals surface area contributed by atoms with Gasteiger partial charge in [-0.15, -0.1) is 0 Å². The maximum absolute atomic E-state index is 14.6. The van der Waals surface area contributed by atoms with Crippen molar-refractivity contribution in [1.29, 1.82) is 0 Å². The van der Waals surface area contributed by atoms with E-state index in [1.54, 1.807) is 0 Å². The third-order valence-electron chi connectivity index (χ3n) is 12.5. The number of esters is 4. The molecule has 2 heterocycles. The maximum atomic E-state index is 14.6. The fraction of sp³-hybridized carbons (Fsp3) is 0.730. The van der Waals surface area contributed by atoms with Gasteiger partial charge in [0.2, 0.25) is 0 Å². The summed E-state index contributed by atoms with van der Waals surface area (Å²) < 4.78 is 24.9. The molecule has 2 saturated heterocycles. The van der Waals surface area contributed by atoms with Crippen molar-refractivity contribution in [2.45, 2.75) is 118 Å². The normalized spacial score (nSPS) is 40.1. The summed E-state index contributed by atoms with van der Waals surface area (Å²) in [5, 5.41) is 9.65. The summed E-state index contributed by atoms with van der Waals surface area (Å²) in [4.78, 5) is 53.4. The lowest BCUT2D eigenvalue weighted by molar-refractivity contribution is -0.158. The highest BCUT2D eigenvalue weighted by Crippen LogP contribution is 2.76. The fourth-order valence-electron chi connectivity index (χ4n) is 10.8. The van der Waals surface area contributed by atoms with Gasteiger partial charge in [0.15, 0.2) is 0 Å². The molecule has 2 aliphatic heterocycles. The molecule has 9 heteroatoms. The van der Waals surface area contributed by atoms with E-state index in [-0.39, 0.29) is 60.7 Å².